The average molecular weight is 487 g/mol. The van der Waals surface area contributed by atoms with E-state index in [0.717, 1.165) is 11.3 Å². The largest absolute Gasteiger partial charge is 0.485 e. The minimum absolute atomic E-state index is 0.00417. The Hall–Kier alpha value is -2.65. The molecule has 0 radical (unpaired) electrons. The summed E-state index contributed by atoms with van der Waals surface area (Å²) < 4.78 is 16.9. The second-order valence-electron chi connectivity index (χ2n) is 10.9. The highest BCUT2D eigenvalue weighted by atomic mass is 16.5. The molecule has 2 unspecified atom stereocenters. The maximum absolute atomic E-state index is 13.4. The average Bonchev–Trinajstić information content (AvgIpc) is 3.55. The molecule has 3 N–H and O–H groups in total. The lowest BCUT2D eigenvalue weighted by molar-refractivity contribution is -0.132. The first-order chi connectivity index (χ1) is 16.6. The molecule has 2 aliphatic heterocycles. The summed E-state index contributed by atoms with van der Waals surface area (Å²) in [5.41, 5.74) is 6.16. The third-order valence-corrected chi connectivity index (χ3v) is 7.19. The fourth-order valence-corrected chi connectivity index (χ4v) is 5.57. The number of nitrogens with zero attached hydrogens (tertiary/aromatic N) is 2. The van der Waals surface area contributed by atoms with E-state index in [2.05, 4.69) is 10.3 Å². The van der Waals surface area contributed by atoms with Crippen LogP contribution in [0.3, 0.4) is 0 Å². The van der Waals surface area contributed by atoms with E-state index in [1.165, 1.54) is 0 Å². The fourth-order valence-electron chi connectivity index (χ4n) is 5.57. The fraction of sp³-hybridized carbons (Fsp3) is 0.654. The van der Waals surface area contributed by atoms with Gasteiger partial charge in [-0.2, -0.15) is 0 Å². The van der Waals surface area contributed by atoms with Crippen LogP contribution in [0.15, 0.2) is 29.3 Å². The van der Waals surface area contributed by atoms with Gasteiger partial charge in [-0.1, -0.05) is 18.2 Å². The summed E-state index contributed by atoms with van der Waals surface area (Å²) in [7, 11) is 3.28. The first kappa shape index (κ1) is 25.4. The number of rotatable bonds is 9. The monoisotopic (exact) mass is 486 g/mol. The van der Waals surface area contributed by atoms with E-state index < -0.39 is 11.1 Å². The maximum atomic E-state index is 13.4. The molecule has 3 aliphatic rings. The minimum Gasteiger partial charge on any atom is -0.485 e. The van der Waals surface area contributed by atoms with Crippen molar-refractivity contribution in [2.75, 3.05) is 27.4 Å². The van der Waals surface area contributed by atoms with Crippen LogP contribution in [-0.4, -0.2) is 67.3 Å². The highest BCUT2D eigenvalue weighted by Gasteiger charge is 2.52. The number of guanidine groups is 1. The Balaban J connectivity index is 1.50. The predicted octanol–water partition coefficient (Wildman–Crippen LogP) is 2.40. The summed E-state index contributed by atoms with van der Waals surface area (Å²) in [6.45, 7) is 6.69. The highest BCUT2D eigenvalue weighted by molar-refractivity contribution is 5.99. The van der Waals surface area contributed by atoms with Crippen molar-refractivity contribution in [2.45, 2.75) is 69.7 Å². The number of para-hydroxylation sites is 1. The second kappa shape index (κ2) is 9.78. The van der Waals surface area contributed by atoms with Crippen LogP contribution in [0.4, 0.5) is 0 Å². The summed E-state index contributed by atoms with van der Waals surface area (Å²) in [5, 5.41) is 3.26. The van der Waals surface area contributed by atoms with Gasteiger partial charge in [-0.3, -0.25) is 14.5 Å². The number of nitrogens with two attached hydrogens (primary N) is 1. The molecule has 0 aromatic heterocycles. The van der Waals surface area contributed by atoms with Gasteiger partial charge >= 0.3 is 0 Å². The van der Waals surface area contributed by atoms with Crippen molar-refractivity contribution in [3.63, 3.8) is 0 Å². The van der Waals surface area contributed by atoms with Gasteiger partial charge in [0, 0.05) is 44.8 Å². The molecular weight excluding hydrogens is 448 g/mol. The SMILES string of the molecule is COCC[C@@H]([C@@H]1C[C@H]1C(=O)NC1CC(C)(COC)Oc2ccccc21)N1C(=O)CC(C)(C)N=C1N. The van der Waals surface area contributed by atoms with Crippen molar-refractivity contribution in [1.29, 1.82) is 0 Å². The van der Waals surface area contributed by atoms with E-state index in [-0.39, 0.29) is 48.1 Å². The normalized spacial score (nSPS) is 30.1. The van der Waals surface area contributed by atoms with Crippen molar-refractivity contribution in [1.82, 2.24) is 10.2 Å². The smallest absolute Gasteiger partial charge is 0.231 e. The molecule has 4 rings (SSSR count). The van der Waals surface area contributed by atoms with Crippen molar-refractivity contribution in [2.24, 2.45) is 22.6 Å². The Morgan fingerprint density at radius 3 is 2.71 bits per heavy atom. The van der Waals surface area contributed by atoms with E-state index in [1.807, 2.05) is 45.0 Å². The zero-order chi connectivity index (χ0) is 25.4. The minimum atomic E-state index is -0.539. The second-order valence-corrected chi connectivity index (χ2v) is 10.9. The topological polar surface area (TPSA) is 115 Å². The van der Waals surface area contributed by atoms with Crippen LogP contribution in [0.2, 0.25) is 0 Å². The van der Waals surface area contributed by atoms with E-state index in [0.29, 0.717) is 32.5 Å². The van der Waals surface area contributed by atoms with Gasteiger partial charge in [0.1, 0.15) is 11.4 Å². The first-order valence-electron chi connectivity index (χ1n) is 12.3. The number of nitrogens with one attached hydrogen (secondary N) is 1. The predicted molar refractivity (Wildman–Crippen MR) is 132 cm³/mol. The standard InChI is InChI=1S/C26H38N4O5/c1-25(2)14-22(31)30(24(27)29-25)20(10-11-33-4)17-12-18(17)23(32)28-19-13-26(3,15-34-5)35-21-9-7-6-8-16(19)21/h6-9,17-20H,10-15H2,1-5H3,(H2,27,29)(H,28,32)/t17-,18-,19?,20+,26?/m1/s1. The molecule has 0 spiro atoms. The lowest BCUT2D eigenvalue weighted by Crippen LogP contribution is -2.55. The van der Waals surface area contributed by atoms with Crippen LogP contribution in [0.25, 0.3) is 0 Å². The van der Waals surface area contributed by atoms with Crippen molar-refractivity contribution < 1.29 is 23.8 Å². The third-order valence-electron chi connectivity index (χ3n) is 7.19. The molecule has 2 heterocycles. The van der Waals surface area contributed by atoms with E-state index in [4.69, 9.17) is 19.9 Å². The summed E-state index contributed by atoms with van der Waals surface area (Å²) >= 11 is 0. The number of carbonyl (C=O) groups is 2. The van der Waals surface area contributed by atoms with Crippen LogP contribution in [0, 0.1) is 11.8 Å². The molecule has 1 fully saturated rings. The number of ether oxygens (including phenoxy) is 3. The molecule has 35 heavy (non-hydrogen) atoms. The number of hydrogen-bond acceptors (Lipinski definition) is 7. The van der Waals surface area contributed by atoms with Gasteiger partial charge in [0.2, 0.25) is 11.8 Å². The number of methoxy groups -OCH3 is 2. The van der Waals surface area contributed by atoms with Crippen molar-refractivity contribution in [3.05, 3.63) is 29.8 Å². The zero-order valence-electron chi connectivity index (χ0n) is 21.4. The highest BCUT2D eigenvalue weighted by Crippen LogP contribution is 2.47. The quantitative estimate of drug-likeness (QED) is 0.554. The number of benzene rings is 1. The van der Waals surface area contributed by atoms with E-state index in [1.54, 1.807) is 19.1 Å². The van der Waals surface area contributed by atoms with Gasteiger partial charge in [0.25, 0.3) is 0 Å². The first-order valence-corrected chi connectivity index (χ1v) is 12.3. The van der Waals surface area contributed by atoms with Gasteiger partial charge in [0.15, 0.2) is 5.96 Å². The Morgan fingerprint density at radius 1 is 1.29 bits per heavy atom. The van der Waals surface area contributed by atoms with Crippen molar-refractivity contribution in [3.8, 4) is 5.75 Å². The lowest BCUT2D eigenvalue weighted by atomic mass is 9.88. The molecule has 1 aliphatic carbocycles. The number of amides is 2. The molecule has 0 saturated heterocycles. The maximum Gasteiger partial charge on any atom is 0.231 e. The van der Waals surface area contributed by atoms with Crippen LogP contribution in [-0.2, 0) is 19.1 Å². The van der Waals surface area contributed by atoms with Crippen LogP contribution < -0.4 is 15.8 Å². The Labute approximate surface area is 207 Å². The summed E-state index contributed by atoms with van der Waals surface area (Å²) in [4.78, 5) is 32.6. The zero-order valence-corrected chi connectivity index (χ0v) is 21.4. The third kappa shape index (κ3) is 5.46. The summed E-state index contributed by atoms with van der Waals surface area (Å²) in [6, 6.07) is 7.38. The van der Waals surface area contributed by atoms with Gasteiger partial charge in [-0.05, 0) is 45.6 Å². The summed E-state index contributed by atoms with van der Waals surface area (Å²) in [5.74, 6) is 0.731. The number of hydrogen-bond donors (Lipinski definition) is 2. The molecule has 9 nitrogen and oxygen atoms in total. The number of fused-ring (bicyclic) bond motifs is 1. The van der Waals surface area contributed by atoms with Crippen LogP contribution in [0.1, 0.15) is 58.1 Å². The van der Waals surface area contributed by atoms with Crippen molar-refractivity contribution >= 4 is 17.8 Å². The molecule has 0 bridgehead atoms. The van der Waals surface area contributed by atoms with E-state index in [9.17, 15) is 9.59 Å². The summed E-state index contributed by atoms with van der Waals surface area (Å²) in [6.07, 6.45) is 2.19. The molecule has 5 atom stereocenters. The Bertz CT molecular complexity index is 996. The number of aliphatic imine (C=N–C) groups is 1. The van der Waals surface area contributed by atoms with Crippen LogP contribution >= 0.6 is 0 Å². The van der Waals surface area contributed by atoms with Gasteiger partial charge in [-0.15, -0.1) is 0 Å². The van der Waals surface area contributed by atoms with Gasteiger partial charge in [0.05, 0.1) is 24.6 Å². The molecule has 1 aromatic carbocycles. The Kier molecular flexibility index (Phi) is 7.11. The lowest BCUT2D eigenvalue weighted by Gasteiger charge is -2.40. The number of carbonyl (C=O) groups excluding carboxylic acids is 2. The molecule has 1 aromatic rings. The van der Waals surface area contributed by atoms with Gasteiger partial charge < -0.3 is 25.3 Å². The molecular formula is C26H38N4O5. The molecule has 9 heteroatoms. The van der Waals surface area contributed by atoms with Gasteiger partial charge in [-0.25, -0.2) is 4.99 Å². The van der Waals surface area contributed by atoms with Crippen LogP contribution in [0.5, 0.6) is 5.75 Å². The molecule has 2 amide bonds. The Morgan fingerprint density at radius 2 is 2.03 bits per heavy atom. The molecule has 1 saturated carbocycles. The molecule has 192 valence electrons. The van der Waals surface area contributed by atoms with E-state index >= 15 is 0 Å².